The number of carbonyl (C=O) groups excluding carboxylic acids is 2. The lowest BCUT2D eigenvalue weighted by Gasteiger charge is -2.16. The molecule has 1 unspecified atom stereocenters. The van der Waals surface area contributed by atoms with E-state index in [0.29, 0.717) is 17.1 Å². The zero-order valence-corrected chi connectivity index (χ0v) is 19.4. The summed E-state index contributed by atoms with van der Waals surface area (Å²) in [6, 6.07) is 15.6. The van der Waals surface area contributed by atoms with E-state index < -0.39 is 18.0 Å². The van der Waals surface area contributed by atoms with Gasteiger partial charge in [-0.2, -0.15) is 5.10 Å². The molecule has 2 aromatic heterocycles. The van der Waals surface area contributed by atoms with Gasteiger partial charge in [-0.25, -0.2) is 9.48 Å². The number of amides is 1. The summed E-state index contributed by atoms with van der Waals surface area (Å²) in [5.41, 5.74) is 1.11. The number of hydrogen-bond donors (Lipinski definition) is 1. The zero-order chi connectivity index (χ0) is 24.4. The lowest BCUT2D eigenvalue weighted by atomic mass is 10.0. The Morgan fingerprint density at radius 3 is 2.47 bits per heavy atom. The van der Waals surface area contributed by atoms with Gasteiger partial charge < -0.3 is 14.5 Å². The monoisotopic (exact) mass is 459 g/mol. The standard InChI is InChI=1S/C26H25N3O5/c1-15(2)29-21(13-14-27-29)28-25(31)17(4)33-26(32)20-12-8-11-19-22(30)16(3)23(34-24(19)20)18-9-6-5-7-10-18/h5-15,17H,1-4H3,(H,28,31). The number of fused-ring (bicyclic) bond motifs is 1. The Morgan fingerprint density at radius 1 is 1.03 bits per heavy atom. The van der Waals surface area contributed by atoms with Crippen molar-refractivity contribution in [3.63, 3.8) is 0 Å². The van der Waals surface area contributed by atoms with Crippen molar-refractivity contribution in [2.75, 3.05) is 5.32 Å². The van der Waals surface area contributed by atoms with Crippen molar-refractivity contribution in [2.45, 2.75) is 39.8 Å². The molecule has 0 aliphatic rings. The molecule has 174 valence electrons. The number of benzene rings is 2. The van der Waals surface area contributed by atoms with E-state index in [1.807, 2.05) is 44.2 Å². The Hall–Kier alpha value is -4.20. The predicted octanol–water partition coefficient (Wildman–Crippen LogP) is 4.73. The van der Waals surface area contributed by atoms with E-state index in [2.05, 4.69) is 10.4 Å². The van der Waals surface area contributed by atoms with Crippen LogP contribution in [0.4, 0.5) is 5.82 Å². The molecule has 4 aromatic rings. The maximum atomic E-state index is 13.0. The highest BCUT2D eigenvalue weighted by molar-refractivity contribution is 6.04. The first kappa shape index (κ1) is 23.0. The fraction of sp³-hybridized carbons (Fsp3) is 0.231. The number of aromatic nitrogens is 2. The fourth-order valence-corrected chi connectivity index (χ4v) is 3.67. The fourth-order valence-electron chi connectivity index (χ4n) is 3.67. The Labute approximate surface area is 196 Å². The highest BCUT2D eigenvalue weighted by atomic mass is 16.5. The van der Waals surface area contributed by atoms with Crippen molar-refractivity contribution >= 4 is 28.7 Å². The van der Waals surface area contributed by atoms with Gasteiger partial charge in [0, 0.05) is 23.2 Å². The average Bonchev–Trinajstić information content (AvgIpc) is 3.30. The maximum Gasteiger partial charge on any atom is 0.342 e. The molecule has 2 heterocycles. The second-order valence-corrected chi connectivity index (χ2v) is 8.23. The number of hydrogen-bond acceptors (Lipinski definition) is 6. The number of anilines is 1. The van der Waals surface area contributed by atoms with Crippen LogP contribution in [0.2, 0.25) is 0 Å². The molecule has 0 saturated carbocycles. The van der Waals surface area contributed by atoms with E-state index in [1.54, 1.807) is 36.0 Å². The summed E-state index contributed by atoms with van der Waals surface area (Å²) in [6.45, 7) is 7.04. The van der Waals surface area contributed by atoms with Gasteiger partial charge in [-0.05, 0) is 39.8 Å². The van der Waals surface area contributed by atoms with Gasteiger partial charge in [0.15, 0.2) is 17.1 Å². The van der Waals surface area contributed by atoms with Gasteiger partial charge in [-0.15, -0.1) is 0 Å². The molecule has 0 aliphatic carbocycles. The van der Waals surface area contributed by atoms with E-state index in [9.17, 15) is 14.4 Å². The maximum absolute atomic E-state index is 13.0. The Morgan fingerprint density at radius 2 is 1.76 bits per heavy atom. The number of rotatable bonds is 6. The summed E-state index contributed by atoms with van der Waals surface area (Å²) < 4.78 is 13.1. The summed E-state index contributed by atoms with van der Waals surface area (Å²) in [6.07, 6.45) is 0.487. The molecule has 0 saturated heterocycles. The van der Waals surface area contributed by atoms with Crippen molar-refractivity contribution < 1.29 is 18.7 Å². The molecule has 0 radical (unpaired) electrons. The largest absolute Gasteiger partial charge is 0.455 e. The van der Waals surface area contributed by atoms with E-state index in [0.717, 1.165) is 5.56 Å². The second kappa shape index (κ2) is 9.35. The molecule has 1 N–H and O–H groups in total. The van der Waals surface area contributed by atoms with Crippen molar-refractivity contribution in [3.8, 4) is 11.3 Å². The average molecular weight is 460 g/mol. The van der Waals surface area contributed by atoms with Gasteiger partial charge >= 0.3 is 5.97 Å². The molecule has 1 atom stereocenters. The van der Waals surface area contributed by atoms with Crippen molar-refractivity contribution in [1.29, 1.82) is 0 Å². The summed E-state index contributed by atoms with van der Waals surface area (Å²) in [5, 5.41) is 7.16. The Kier molecular flexibility index (Phi) is 6.32. The van der Waals surface area contributed by atoms with Gasteiger partial charge in [-0.3, -0.25) is 9.59 Å². The van der Waals surface area contributed by atoms with Crippen LogP contribution in [0.3, 0.4) is 0 Å². The highest BCUT2D eigenvalue weighted by Gasteiger charge is 2.24. The third-order valence-corrected chi connectivity index (χ3v) is 5.46. The third kappa shape index (κ3) is 4.34. The molecule has 0 aliphatic heterocycles. The molecule has 1 amide bonds. The van der Waals surface area contributed by atoms with Gasteiger partial charge in [0.1, 0.15) is 17.1 Å². The SMILES string of the molecule is Cc1c(-c2ccccc2)oc2c(C(=O)OC(C)C(=O)Nc3ccnn3C(C)C)cccc2c1=O. The molecule has 0 bridgehead atoms. The third-order valence-electron chi connectivity index (χ3n) is 5.46. The minimum Gasteiger partial charge on any atom is -0.455 e. The van der Waals surface area contributed by atoms with Crippen LogP contribution < -0.4 is 10.7 Å². The minimum atomic E-state index is -1.09. The predicted molar refractivity (Wildman–Crippen MR) is 129 cm³/mol. The smallest absolute Gasteiger partial charge is 0.342 e. The van der Waals surface area contributed by atoms with E-state index in [1.165, 1.54) is 13.0 Å². The molecular weight excluding hydrogens is 434 g/mol. The van der Waals surface area contributed by atoms with Gasteiger partial charge in [-0.1, -0.05) is 36.4 Å². The number of ether oxygens (including phenoxy) is 1. The van der Waals surface area contributed by atoms with Crippen molar-refractivity contribution in [3.05, 3.63) is 82.1 Å². The first-order chi connectivity index (χ1) is 16.3. The number of carbonyl (C=O) groups is 2. The van der Waals surface area contributed by atoms with Crippen LogP contribution >= 0.6 is 0 Å². The van der Waals surface area contributed by atoms with Crippen LogP contribution in [-0.4, -0.2) is 27.8 Å². The van der Waals surface area contributed by atoms with Crippen LogP contribution in [-0.2, 0) is 9.53 Å². The first-order valence-corrected chi connectivity index (χ1v) is 10.9. The summed E-state index contributed by atoms with van der Waals surface area (Å²) in [7, 11) is 0. The summed E-state index contributed by atoms with van der Waals surface area (Å²) in [4.78, 5) is 38.7. The van der Waals surface area contributed by atoms with E-state index in [4.69, 9.17) is 9.15 Å². The van der Waals surface area contributed by atoms with E-state index >= 15 is 0 Å². The number of para-hydroxylation sites is 1. The zero-order valence-electron chi connectivity index (χ0n) is 19.4. The first-order valence-electron chi connectivity index (χ1n) is 10.9. The molecular formula is C26H25N3O5. The van der Waals surface area contributed by atoms with Crippen LogP contribution in [0.5, 0.6) is 0 Å². The highest BCUT2D eigenvalue weighted by Crippen LogP contribution is 2.27. The minimum absolute atomic E-state index is 0.0454. The number of esters is 1. The van der Waals surface area contributed by atoms with E-state index in [-0.39, 0.29) is 28.0 Å². The lowest BCUT2D eigenvalue weighted by molar-refractivity contribution is -0.123. The molecule has 4 rings (SSSR count). The second-order valence-electron chi connectivity index (χ2n) is 8.23. The quantitative estimate of drug-likeness (QED) is 0.418. The summed E-state index contributed by atoms with van der Waals surface area (Å²) in [5.74, 6) is -0.386. The molecule has 8 nitrogen and oxygen atoms in total. The Balaban J connectivity index is 1.63. The lowest BCUT2D eigenvalue weighted by Crippen LogP contribution is -2.31. The topological polar surface area (TPSA) is 103 Å². The summed E-state index contributed by atoms with van der Waals surface area (Å²) >= 11 is 0. The Bertz CT molecular complexity index is 1420. The normalized spacial score (nSPS) is 12.0. The van der Waals surface area contributed by atoms with Gasteiger partial charge in [0.2, 0.25) is 0 Å². The molecule has 8 heteroatoms. The van der Waals surface area contributed by atoms with Crippen molar-refractivity contribution in [2.24, 2.45) is 0 Å². The molecule has 0 fully saturated rings. The van der Waals surface area contributed by atoms with Gasteiger partial charge in [0.25, 0.3) is 5.91 Å². The molecule has 0 spiro atoms. The van der Waals surface area contributed by atoms with Gasteiger partial charge in [0.05, 0.1) is 11.6 Å². The number of nitrogens with zero attached hydrogens (tertiary/aromatic N) is 2. The number of nitrogens with one attached hydrogen (secondary N) is 1. The van der Waals surface area contributed by atoms with Crippen LogP contribution in [0.15, 0.2) is 70.0 Å². The van der Waals surface area contributed by atoms with Crippen LogP contribution in [0.1, 0.15) is 42.7 Å². The molecule has 34 heavy (non-hydrogen) atoms. The van der Waals surface area contributed by atoms with Crippen LogP contribution in [0, 0.1) is 6.92 Å². The van der Waals surface area contributed by atoms with Crippen molar-refractivity contribution in [1.82, 2.24) is 9.78 Å². The van der Waals surface area contributed by atoms with Crippen LogP contribution in [0.25, 0.3) is 22.3 Å². The molecule has 2 aromatic carbocycles.